The lowest BCUT2D eigenvalue weighted by Gasteiger charge is -2.04. The van der Waals surface area contributed by atoms with Crippen LogP contribution < -0.4 is 0 Å². The predicted octanol–water partition coefficient (Wildman–Crippen LogP) is 3.97. The van der Waals surface area contributed by atoms with Gasteiger partial charge in [-0.05, 0) is 26.8 Å². The number of thiazole rings is 1. The molecule has 0 spiro atoms. The SMILES string of the molecule is Cc1cc(-n2c(C)cc(-c3csc(-c4cnccn4)n3)c2C)no1. The lowest BCUT2D eigenvalue weighted by Crippen LogP contribution is -1.99. The Bertz CT molecular complexity index is 999. The van der Waals surface area contributed by atoms with Gasteiger partial charge in [0, 0.05) is 40.8 Å². The fraction of sp³-hybridized carbons (Fsp3) is 0.176. The first-order chi connectivity index (χ1) is 11.6. The highest BCUT2D eigenvalue weighted by molar-refractivity contribution is 7.13. The molecule has 0 radical (unpaired) electrons. The smallest absolute Gasteiger partial charge is 0.180 e. The summed E-state index contributed by atoms with van der Waals surface area (Å²) in [6, 6.07) is 4.05. The Morgan fingerprint density at radius 2 is 1.96 bits per heavy atom. The summed E-state index contributed by atoms with van der Waals surface area (Å²) < 4.78 is 7.28. The van der Waals surface area contributed by atoms with Gasteiger partial charge in [0.1, 0.15) is 16.5 Å². The van der Waals surface area contributed by atoms with E-state index in [1.54, 1.807) is 29.9 Å². The molecular formula is C17H15N5OS. The molecule has 4 aromatic heterocycles. The molecule has 4 rings (SSSR count). The van der Waals surface area contributed by atoms with Gasteiger partial charge in [0.15, 0.2) is 5.82 Å². The summed E-state index contributed by atoms with van der Waals surface area (Å²) in [5.74, 6) is 1.58. The van der Waals surface area contributed by atoms with Gasteiger partial charge in [-0.25, -0.2) is 4.98 Å². The molecule has 6 nitrogen and oxygen atoms in total. The van der Waals surface area contributed by atoms with Crippen LogP contribution in [0.2, 0.25) is 0 Å². The van der Waals surface area contributed by atoms with E-state index < -0.39 is 0 Å². The van der Waals surface area contributed by atoms with Crippen LogP contribution in [0.1, 0.15) is 17.1 Å². The summed E-state index contributed by atoms with van der Waals surface area (Å²) in [6.45, 7) is 6.00. The van der Waals surface area contributed by atoms with Gasteiger partial charge in [-0.3, -0.25) is 14.5 Å². The first-order valence-electron chi connectivity index (χ1n) is 7.48. The molecule has 0 saturated carbocycles. The molecule has 24 heavy (non-hydrogen) atoms. The Balaban J connectivity index is 1.77. The average molecular weight is 337 g/mol. The van der Waals surface area contributed by atoms with Gasteiger partial charge < -0.3 is 4.52 Å². The maximum absolute atomic E-state index is 5.21. The molecule has 0 fully saturated rings. The summed E-state index contributed by atoms with van der Waals surface area (Å²) in [7, 11) is 0. The minimum atomic E-state index is 0.787. The Kier molecular flexibility index (Phi) is 3.50. The van der Waals surface area contributed by atoms with Crippen LogP contribution in [0.15, 0.2) is 40.6 Å². The van der Waals surface area contributed by atoms with Crippen molar-refractivity contribution in [1.29, 1.82) is 0 Å². The Labute approximate surface area is 142 Å². The molecule has 4 aromatic rings. The molecule has 0 saturated heterocycles. The molecule has 0 aliphatic carbocycles. The van der Waals surface area contributed by atoms with Gasteiger partial charge in [-0.15, -0.1) is 11.3 Å². The van der Waals surface area contributed by atoms with Crippen LogP contribution in [0.25, 0.3) is 27.8 Å². The van der Waals surface area contributed by atoms with E-state index in [0.717, 1.165) is 44.9 Å². The van der Waals surface area contributed by atoms with Gasteiger partial charge in [-0.1, -0.05) is 5.16 Å². The maximum Gasteiger partial charge on any atom is 0.180 e. The predicted molar refractivity (Wildman–Crippen MR) is 92.2 cm³/mol. The first-order valence-corrected chi connectivity index (χ1v) is 8.36. The van der Waals surface area contributed by atoms with E-state index in [2.05, 4.69) is 39.6 Å². The standard InChI is InChI=1S/C17H15N5OS/c1-10-6-13(12(3)22(10)16-7-11(2)23-21-16)15-9-24-17(20-15)14-8-18-4-5-19-14/h4-9H,1-3H3. The third kappa shape index (κ3) is 2.43. The van der Waals surface area contributed by atoms with Gasteiger partial charge in [0.05, 0.1) is 11.9 Å². The second-order valence-corrected chi connectivity index (χ2v) is 6.40. The largest absolute Gasteiger partial charge is 0.360 e. The number of hydrogen-bond donors (Lipinski definition) is 0. The minimum Gasteiger partial charge on any atom is -0.360 e. The third-order valence-corrected chi connectivity index (χ3v) is 4.70. The number of aromatic nitrogens is 5. The van der Waals surface area contributed by atoms with Crippen molar-refractivity contribution in [2.75, 3.05) is 0 Å². The molecular weight excluding hydrogens is 322 g/mol. The zero-order valence-electron chi connectivity index (χ0n) is 13.5. The van der Waals surface area contributed by atoms with Crippen molar-refractivity contribution in [3.63, 3.8) is 0 Å². The highest BCUT2D eigenvalue weighted by Crippen LogP contribution is 2.32. The van der Waals surface area contributed by atoms with Gasteiger partial charge in [-0.2, -0.15) is 0 Å². The van der Waals surface area contributed by atoms with Crippen LogP contribution in [0, 0.1) is 20.8 Å². The van der Waals surface area contributed by atoms with Crippen molar-refractivity contribution in [3.8, 4) is 27.8 Å². The van der Waals surface area contributed by atoms with Crippen LogP contribution >= 0.6 is 11.3 Å². The number of nitrogens with zero attached hydrogens (tertiary/aromatic N) is 5. The van der Waals surface area contributed by atoms with E-state index in [1.165, 1.54) is 0 Å². The van der Waals surface area contributed by atoms with Gasteiger partial charge in [0.25, 0.3) is 0 Å². The molecule has 0 atom stereocenters. The monoisotopic (exact) mass is 337 g/mol. The van der Waals surface area contributed by atoms with Crippen LogP contribution in [0.4, 0.5) is 0 Å². The second kappa shape index (κ2) is 5.68. The molecule has 0 aromatic carbocycles. The molecule has 0 unspecified atom stereocenters. The van der Waals surface area contributed by atoms with E-state index in [0.29, 0.717) is 0 Å². The van der Waals surface area contributed by atoms with E-state index in [-0.39, 0.29) is 0 Å². The van der Waals surface area contributed by atoms with Crippen LogP contribution in [0.3, 0.4) is 0 Å². The second-order valence-electron chi connectivity index (χ2n) is 5.54. The molecule has 0 aliphatic rings. The summed E-state index contributed by atoms with van der Waals surface area (Å²) in [5, 5.41) is 7.03. The molecule has 0 N–H and O–H groups in total. The van der Waals surface area contributed by atoms with E-state index in [1.807, 2.05) is 18.4 Å². The zero-order valence-corrected chi connectivity index (χ0v) is 14.3. The van der Waals surface area contributed by atoms with Crippen LogP contribution in [-0.2, 0) is 0 Å². The topological polar surface area (TPSA) is 69.6 Å². The van der Waals surface area contributed by atoms with Crippen molar-refractivity contribution in [2.45, 2.75) is 20.8 Å². The normalized spacial score (nSPS) is 11.1. The van der Waals surface area contributed by atoms with E-state index in [9.17, 15) is 0 Å². The van der Waals surface area contributed by atoms with Crippen molar-refractivity contribution >= 4 is 11.3 Å². The molecule has 0 bridgehead atoms. The van der Waals surface area contributed by atoms with Gasteiger partial charge in [0.2, 0.25) is 0 Å². The van der Waals surface area contributed by atoms with Crippen molar-refractivity contribution < 1.29 is 4.52 Å². The summed E-state index contributed by atoms with van der Waals surface area (Å²) in [6.07, 6.45) is 5.06. The highest BCUT2D eigenvalue weighted by atomic mass is 32.1. The zero-order chi connectivity index (χ0) is 16.7. The summed E-state index contributed by atoms with van der Waals surface area (Å²) in [5.41, 5.74) is 4.97. The number of rotatable bonds is 3. The molecule has 4 heterocycles. The fourth-order valence-electron chi connectivity index (χ4n) is 2.76. The average Bonchev–Trinajstić information content (AvgIpc) is 3.28. The fourth-order valence-corrected chi connectivity index (χ4v) is 3.54. The summed E-state index contributed by atoms with van der Waals surface area (Å²) in [4.78, 5) is 13.1. The Morgan fingerprint density at radius 1 is 1.08 bits per heavy atom. The summed E-state index contributed by atoms with van der Waals surface area (Å²) >= 11 is 1.56. The first kappa shape index (κ1) is 14.8. The highest BCUT2D eigenvalue weighted by Gasteiger charge is 2.17. The lowest BCUT2D eigenvalue weighted by atomic mass is 10.2. The molecule has 7 heteroatoms. The van der Waals surface area contributed by atoms with Crippen molar-refractivity contribution in [2.24, 2.45) is 0 Å². The molecule has 120 valence electrons. The lowest BCUT2D eigenvalue weighted by molar-refractivity contribution is 0.394. The number of hydrogen-bond acceptors (Lipinski definition) is 6. The molecule has 0 amide bonds. The van der Waals surface area contributed by atoms with E-state index >= 15 is 0 Å². The van der Waals surface area contributed by atoms with Crippen molar-refractivity contribution in [1.82, 2.24) is 24.7 Å². The minimum absolute atomic E-state index is 0.787. The van der Waals surface area contributed by atoms with Crippen LogP contribution in [-0.4, -0.2) is 24.7 Å². The number of aryl methyl sites for hydroxylation is 2. The maximum atomic E-state index is 5.21. The van der Waals surface area contributed by atoms with Crippen molar-refractivity contribution in [3.05, 3.63) is 53.3 Å². The quantitative estimate of drug-likeness (QED) is 0.566. The van der Waals surface area contributed by atoms with Gasteiger partial charge >= 0.3 is 0 Å². The third-order valence-electron chi connectivity index (χ3n) is 3.84. The Hall–Kier alpha value is -2.80. The Morgan fingerprint density at radius 3 is 2.67 bits per heavy atom. The molecule has 0 aliphatic heterocycles. The van der Waals surface area contributed by atoms with Crippen LogP contribution in [0.5, 0.6) is 0 Å². The van der Waals surface area contributed by atoms with E-state index in [4.69, 9.17) is 9.51 Å².